The van der Waals surface area contributed by atoms with Crippen molar-refractivity contribution < 1.29 is 14.3 Å². The molecule has 0 heterocycles. The van der Waals surface area contributed by atoms with Crippen molar-refractivity contribution in [2.75, 3.05) is 19.5 Å². The molecule has 0 aliphatic rings. The minimum atomic E-state index is -0.479. The third-order valence-corrected chi connectivity index (χ3v) is 3.38. The Morgan fingerprint density at radius 1 is 1.17 bits per heavy atom. The van der Waals surface area contributed by atoms with E-state index in [1.54, 1.807) is 31.4 Å². The molecule has 0 fully saturated rings. The molecule has 24 heavy (non-hydrogen) atoms. The van der Waals surface area contributed by atoms with Crippen LogP contribution in [0.2, 0.25) is 0 Å². The molecule has 0 aromatic heterocycles. The third kappa shape index (κ3) is 4.14. The summed E-state index contributed by atoms with van der Waals surface area (Å²) in [6, 6.07) is 14.5. The first-order valence-electron chi connectivity index (χ1n) is 7.29. The van der Waals surface area contributed by atoms with Crippen LogP contribution >= 0.6 is 0 Å². The normalized spacial score (nSPS) is 10.7. The predicted molar refractivity (Wildman–Crippen MR) is 92.9 cm³/mol. The standard InChI is InChI=1S/C19H18N2O3/c1-13-5-4-6-16(9-13)21-19(22)15(12-20)10-14-11-17(23-2)7-8-18(14)24-3/h4-11H,1-3H3,(H,21,22). The lowest BCUT2D eigenvalue weighted by molar-refractivity contribution is -0.112. The highest BCUT2D eigenvalue weighted by atomic mass is 16.5. The first-order chi connectivity index (χ1) is 11.6. The molecule has 2 rings (SSSR count). The van der Waals surface area contributed by atoms with Crippen molar-refractivity contribution in [3.63, 3.8) is 0 Å². The van der Waals surface area contributed by atoms with Gasteiger partial charge < -0.3 is 14.8 Å². The second kappa shape index (κ2) is 7.84. The summed E-state index contributed by atoms with van der Waals surface area (Å²) < 4.78 is 10.4. The number of aryl methyl sites for hydroxylation is 1. The zero-order valence-corrected chi connectivity index (χ0v) is 13.8. The molecule has 1 amide bonds. The molecule has 2 aromatic rings. The average Bonchev–Trinajstić information content (AvgIpc) is 2.59. The van der Waals surface area contributed by atoms with Crippen LogP contribution in [0.3, 0.4) is 0 Å². The molecular weight excluding hydrogens is 304 g/mol. The van der Waals surface area contributed by atoms with E-state index in [-0.39, 0.29) is 5.57 Å². The van der Waals surface area contributed by atoms with E-state index in [0.29, 0.717) is 22.7 Å². The van der Waals surface area contributed by atoms with Crippen LogP contribution in [0.15, 0.2) is 48.0 Å². The molecule has 0 aliphatic heterocycles. The number of hydrogen-bond donors (Lipinski definition) is 1. The number of amides is 1. The van der Waals surface area contributed by atoms with Crippen LogP contribution in [-0.2, 0) is 4.79 Å². The first kappa shape index (κ1) is 17.1. The van der Waals surface area contributed by atoms with E-state index in [1.165, 1.54) is 13.2 Å². The summed E-state index contributed by atoms with van der Waals surface area (Å²) in [6.07, 6.45) is 1.48. The number of nitrogens with zero attached hydrogens (tertiary/aromatic N) is 1. The van der Waals surface area contributed by atoms with Gasteiger partial charge in [-0.25, -0.2) is 0 Å². The summed E-state index contributed by atoms with van der Waals surface area (Å²) in [6.45, 7) is 1.93. The Bertz CT molecular complexity index is 820. The van der Waals surface area contributed by atoms with E-state index in [1.807, 2.05) is 31.2 Å². The highest BCUT2D eigenvalue weighted by molar-refractivity contribution is 6.09. The molecule has 0 saturated carbocycles. The Kier molecular flexibility index (Phi) is 5.58. The molecule has 1 N–H and O–H groups in total. The summed E-state index contributed by atoms with van der Waals surface area (Å²) in [4.78, 5) is 12.3. The number of carbonyl (C=O) groups excluding carboxylic acids is 1. The van der Waals surface area contributed by atoms with E-state index < -0.39 is 5.91 Å². The van der Waals surface area contributed by atoms with E-state index in [4.69, 9.17) is 9.47 Å². The summed E-state index contributed by atoms with van der Waals surface area (Å²) in [5.41, 5.74) is 2.22. The molecule has 122 valence electrons. The summed E-state index contributed by atoms with van der Waals surface area (Å²) in [7, 11) is 3.07. The summed E-state index contributed by atoms with van der Waals surface area (Å²) in [5.74, 6) is 0.679. The lowest BCUT2D eigenvalue weighted by atomic mass is 10.1. The van der Waals surface area contributed by atoms with Gasteiger partial charge in [0, 0.05) is 11.3 Å². The van der Waals surface area contributed by atoms with Crippen LogP contribution in [0.1, 0.15) is 11.1 Å². The monoisotopic (exact) mass is 322 g/mol. The minimum absolute atomic E-state index is 0.0249. The third-order valence-electron chi connectivity index (χ3n) is 3.38. The van der Waals surface area contributed by atoms with Crippen molar-refractivity contribution in [1.29, 1.82) is 5.26 Å². The van der Waals surface area contributed by atoms with Crippen molar-refractivity contribution in [3.8, 4) is 17.6 Å². The number of nitrogens with one attached hydrogen (secondary N) is 1. The van der Waals surface area contributed by atoms with Crippen LogP contribution in [0.5, 0.6) is 11.5 Å². The maximum absolute atomic E-state index is 12.3. The molecule has 0 spiro atoms. The fraction of sp³-hybridized carbons (Fsp3) is 0.158. The van der Waals surface area contributed by atoms with Crippen LogP contribution in [0, 0.1) is 18.3 Å². The number of methoxy groups -OCH3 is 2. The number of hydrogen-bond acceptors (Lipinski definition) is 4. The van der Waals surface area contributed by atoms with E-state index in [2.05, 4.69) is 5.32 Å². The molecule has 2 aromatic carbocycles. The average molecular weight is 322 g/mol. The highest BCUT2D eigenvalue weighted by Crippen LogP contribution is 2.26. The lowest BCUT2D eigenvalue weighted by Crippen LogP contribution is -2.13. The molecule has 0 aliphatic carbocycles. The number of anilines is 1. The van der Waals surface area contributed by atoms with Gasteiger partial charge in [-0.05, 0) is 48.9 Å². The van der Waals surface area contributed by atoms with E-state index in [9.17, 15) is 10.1 Å². The van der Waals surface area contributed by atoms with Gasteiger partial charge in [-0.3, -0.25) is 4.79 Å². The fourth-order valence-electron chi connectivity index (χ4n) is 2.18. The Balaban J connectivity index is 2.32. The lowest BCUT2D eigenvalue weighted by Gasteiger charge is -2.08. The van der Waals surface area contributed by atoms with Gasteiger partial charge in [0.25, 0.3) is 5.91 Å². The first-order valence-corrected chi connectivity index (χ1v) is 7.29. The molecule has 5 heteroatoms. The van der Waals surface area contributed by atoms with Crippen molar-refractivity contribution in [2.45, 2.75) is 6.92 Å². The number of ether oxygens (including phenoxy) is 2. The van der Waals surface area contributed by atoms with Gasteiger partial charge in [-0.1, -0.05) is 12.1 Å². The van der Waals surface area contributed by atoms with Crippen molar-refractivity contribution in [2.24, 2.45) is 0 Å². The Morgan fingerprint density at radius 2 is 1.96 bits per heavy atom. The number of carbonyl (C=O) groups is 1. The molecule has 0 atom stereocenters. The maximum Gasteiger partial charge on any atom is 0.266 e. The zero-order valence-electron chi connectivity index (χ0n) is 13.8. The van der Waals surface area contributed by atoms with Gasteiger partial charge in [0.05, 0.1) is 14.2 Å². The van der Waals surface area contributed by atoms with Crippen LogP contribution in [0.4, 0.5) is 5.69 Å². The second-order valence-electron chi connectivity index (χ2n) is 5.10. The topological polar surface area (TPSA) is 71.3 Å². The highest BCUT2D eigenvalue weighted by Gasteiger charge is 2.12. The fourth-order valence-corrected chi connectivity index (χ4v) is 2.18. The minimum Gasteiger partial charge on any atom is -0.497 e. The molecule has 0 saturated heterocycles. The Morgan fingerprint density at radius 3 is 2.58 bits per heavy atom. The largest absolute Gasteiger partial charge is 0.497 e. The molecule has 5 nitrogen and oxygen atoms in total. The predicted octanol–water partition coefficient (Wildman–Crippen LogP) is 3.56. The van der Waals surface area contributed by atoms with Gasteiger partial charge in [-0.2, -0.15) is 5.26 Å². The Hall–Kier alpha value is -3.26. The zero-order chi connectivity index (χ0) is 17.5. The van der Waals surface area contributed by atoms with Gasteiger partial charge in [0.2, 0.25) is 0 Å². The van der Waals surface area contributed by atoms with Crippen LogP contribution < -0.4 is 14.8 Å². The smallest absolute Gasteiger partial charge is 0.266 e. The molecule has 0 unspecified atom stereocenters. The van der Waals surface area contributed by atoms with Gasteiger partial charge >= 0.3 is 0 Å². The van der Waals surface area contributed by atoms with Gasteiger partial charge in [-0.15, -0.1) is 0 Å². The summed E-state index contributed by atoms with van der Waals surface area (Å²) in [5, 5.41) is 12.0. The van der Waals surface area contributed by atoms with Crippen LogP contribution in [0.25, 0.3) is 6.08 Å². The SMILES string of the molecule is COc1ccc(OC)c(C=C(C#N)C(=O)Nc2cccc(C)c2)c1. The number of rotatable bonds is 5. The molecule has 0 bridgehead atoms. The van der Waals surface area contributed by atoms with Gasteiger partial charge in [0.1, 0.15) is 23.1 Å². The number of nitriles is 1. The Labute approximate surface area is 141 Å². The van der Waals surface area contributed by atoms with E-state index in [0.717, 1.165) is 5.56 Å². The van der Waals surface area contributed by atoms with Crippen molar-refractivity contribution in [3.05, 3.63) is 59.2 Å². The quantitative estimate of drug-likeness (QED) is 0.675. The van der Waals surface area contributed by atoms with Crippen LogP contribution in [-0.4, -0.2) is 20.1 Å². The van der Waals surface area contributed by atoms with Crippen molar-refractivity contribution >= 4 is 17.7 Å². The van der Waals surface area contributed by atoms with Crippen molar-refractivity contribution in [1.82, 2.24) is 0 Å². The number of benzene rings is 2. The van der Waals surface area contributed by atoms with Gasteiger partial charge in [0.15, 0.2) is 0 Å². The maximum atomic E-state index is 12.3. The molecule has 0 radical (unpaired) electrons. The second-order valence-corrected chi connectivity index (χ2v) is 5.10. The van der Waals surface area contributed by atoms with E-state index >= 15 is 0 Å². The summed E-state index contributed by atoms with van der Waals surface area (Å²) >= 11 is 0. The molecular formula is C19H18N2O3.